The Morgan fingerprint density at radius 3 is 2.48 bits per heavy atom. The molecule has 1 aliphatic rings. The fourth-order valence-electron chi connectivity index (χ4n) is 3.28. The Morgan fingerprint density at radius 1 is 1.19 bits per heavy atom. The van der Waals surface area contributed by atoms with Gasteiger partial charge in [0.1, 0.15) is 23.1 Å². The van der Waals surface area contributed by atoms with Crippen molar-refractivity contribution in [1.82, 2.24) is 9.13 Å². The number of allylic oxidation sites excluding steroid dienone is 1. The molecule has 0 radical (unpaired) electrons. The number of nitrogens with zero attached hydrogens (tertiary/aromatic N) is 3. The van der Waals surface area contributed by atoms with Crippen LogP contribution in [0.4, 0.5) is 5.82 Å². The summed E-state index contributed by atoms with van der Waals surface area (Å²) in [5, 5.41) is 12.5. The number of benzene rings is 1. The van der Waals surface area contributed by atoms with Gasteiger partial charge in [-0.1, -0.05) is 0 Å². The minimum atomic E-state index is -0.818. The molecule has 0 aliphatic carbocycles. The minimum absolute atomic E-state index is 0.0723. The number of aromatic nitrogens is 2. The van der Waals surface area contributed by atoms with Crippen molar-refractivity contribution in [2.24, 2.45) is 19.8 Å². The Labute approximate surface area is 154 Å². The van der Waals surface area contributed by atoms with Crippen molar-refractivity contribution < 1.29 is 9.47 Å². The molecule has 0 unspecified atom stereocenters. The molecule has 3 rings (SSSR count). The lowest BCUT2D eigenvalue weighted by Crippen LogP contribution is -2.43. The topological polar surface area (TPSA) is 124 Å². The molecule has 0 amide bonds. The number of nitrogens with two attached hydrogens (primary N) is 1. The van der Waals surface area contributed by atoms with Gasteiger partial charge in [-0.15, -0.1) is 0 Å². The second-order valence-corrected chi connectivity index (χ2v) is 6.07. The number of hydrogen-bond acceptors (Lipinski definition) is 7. The summed E-state index contributed by atoms with van der Waals surface area (Å²) in [5.41, 5.74) is 5.96. The van der Waals surface area contributed by atoms with Gasteiger partial charge in [-0.05, 0) is 18.2 Å². The summed E-state index contributed by atoms with van der Waals surface area (Å²) in [5.74, 6) is 0.493. The zero-order valence-electron chi connectivity index (χ0n) is 15.4. The van der Waals surface area contributed by atoms with Crippen LogP contribution in [-0.4, -0.2) is 23.4 Å². The molecule has 0 saturated heterocycles. The summed E-state index contributed by atoms with van der Waals surface area (Å²) in [7, 11) is 5.92. The van der Waals surface area contributed by atoms with E-state index >= 15 is 0 Å². The van der Waals surface area contributed by atoms with Crippen molar-refractivity contribution in [3.05, 3.63) is 61.6 Å². The fraction of sp³-hybridized carbons (Fsp3) is 0.278. The predicted molar refractivity (Wildman–Crippen MR) is 98.8 cm³/mol. The molecule has 1 aromatic carbocycles. The average molecular weight is 369 g/mol. The van der Waals surface area contributed by atoms with Gasteiger partial charge in [0.25, 0.3) is 5.56 Å². The molecule has 1 aromatic heterocycles. The van der Waals surface area contributed by atoms with Gasteiger partial charge < -0.3 is 20.5 Å². The van der Waals surface area contributed by atoms with Crippen LogP contribution in [0.3, 0.4) is 0 Å². The molecule has 0 spiro atoms. The number of fused-ring (bicyclic) bond motifs is 1. The molecule has 2 aromatic rings. The molecule has 0 saturated carbocycles. The van der Waals surface area contributed by atoms with Crippen LogP contribution in [0.1, 0.15) is 17.0 Å². The zero-order valence-corrected chi connectivity index (χ0v) is 15.4. The first-order chi connectivity index (χ1) is 12.8. The zero-order chi connectivity index (χ0) is 19.9. The molecule has 0 bridgehead atoms. The van der Waals surface area contributed by atoms with Gasteiger partial charge in [0.05, 0.1) is 37.3 Å². The van der Waals surface area contributed by atoms with E-state index in [0.29, 0.717) is 17.1 Å². The van der Waals surface area contributed by atoms with Crippen molar-refractivity contribution in [2.75, 3.05) is 19.5 Å². The second-order valence-electron chi connectivity index (χ2n) is 6.07. The highest BCUT2D eigenvalue weighted by Gasteiger charge is 2.36. The van der Waals surface area contributed by atoms with Gasteiger partial charge in [0, 0.05) is 19.7 Å². The highest BCUT2D eigenvalue weighted by atomic mass is 16.5. The molecular formula is C18H19N5O4. The van der Waals surface area contributed by atoms with Gasteiger partial charge in [0.15, 0.2) is 0 Å². The maximum absolute atomic E-state index is 13.0. The van der Waals surface area contributed by atoms with Crippen molar-refractivity contribution in [3.63, 3.8) is 0 Å². The van der Waals surface area contributed by atoms with Crippen molar-refractivity contribution in [2.45, 2.75) is 5.92 Å². The lowest BCUT2D eigenvalue weighted by atomic mass is 9.83. The maximum Gasteiger partial charge on any atom is 0.332 e. The highest BCUT2D eigenvalue weighted by molar-refractivity contribution is 5.66. The summed E-state index contributed by atoms with van der Waals surface area (Å²) < 4.78 is 13.0. The fourth-order valence-corrected chi connectivity index (χ4v) is 3.28. The summed E-state index contributed by atoms with van der Waals surface area (Å²) >= 11 is 0. The number of hydrogen-bond donors (Lipinski definition) is 2. The second kappa shape index (κ2) is 6.57. The first-order valence-corrected chi connectivity index (χ1v) is 8.04. The van der Waals surface area contributed by atoms with Crippen LogP contribution in [0.5, 0.6) is 11.5 Å². The van der Waals surface area contributed by atoms with E-state index in [4.69, 9.17) is 15.2 Å². The molecule has 9 nitrogen and oxygen atoms in total. The third-order valence-corrected chi connectivity index (χ3v) is 4.69. The molecule has 27 heavy (non-hydrogen) atoms. The Bertz CT molecular complexity index is 1120. The van der Waals surface area contributed by atoms with Crippen LogP contribution in [-0.2, 0) is 14.1 Å². The normalized spacial score (nSPS) is 15.6. The third-order valence-electron chi connectivity index (χ3n) is 4.69. The molecule has 0 fully saturated rings. The van der Waals surface area contributed by atoms with E-state index in [1.807, 2.05) is 0 Å². The smallest absolute Gasteiger partial charge is 0.332 e. The third kappa shape index (κ3) is 2.62. The molecule has 3 N–H and O–H groups in total. The number of nitrogens with one attached hydrogen (secondary N) is 1. The Hall–Kier alpha value is -3.67. The van der Waals surface area contributed by atoms with Crippen molar-refractivity contribution >= 4 is 5.82 Å². The van der Waals surface area contributed by atoms with E-state index in [1.54, 1.807) is 18.2 Å². The lowest BCUT2D eigenvalue weighted by Gasteiger charge is -2.29. The van der Waals surface area contributed by atoms with Gasteiger partial charge in [-0.2, -0.15) is 5.26 Å². The number of anilines is 1. The molecule has 140 valence electrons. The number of nitriles is 1. The van der Waals surface area contributed by atoms with Crippen LogP contribution in [0.2, 0.25) is 0 Å². The average Bonchev–Trinajstić information content (AvgIpc) is 2.69. The van der Waals surface area contributed by atoms with Gasteiger partial charge >= 0.3 is 5.69 Å². The molecule has 9 heteroatoms. The molecule has 2 heterocycles. The van der Waals surface area contributed by atoms with Gasteiger partial charge in [-0.25, -0.2) is 4.79 Å². The Balaban J connectivity index is 2.46. The summed E-state index contributed by atoms with van der Waals surface area (Å²) in [6.45, 7) is 0. The molecular weight excluding hydrogens is 350 g/mol. The van der Waals surface area contributed by atoms with E-state index in [2.05, 4.69) is 11.4 Å². The quantitative estimate of drug-likeness (QED) is 0.800. The molecule has 1 atom stereocenters. The maximum atomic E-state index is 13.0. The summed E-state index contributed by atoms with van der Waals surface area (Å²) in [6.07, 6.45) is 0. The lowest BCUT2D eigenvalue weighted by molar-refractivity contribution is 0.398. The first kappa shape index (κ1) is 18.1. The minimum Gasteiger partial charge on any atom is -0.497 e. The van der Waals surface area contributed by atoms with Crippen LogP contribution in [0.15, 0.2) is 39.2 Å². The number of rotatable bonds is 3. The van der Waals surface area contributed by atoms with Gasteiger partial charge in [0.2, 0.25) is 0 Å². The van der Waals surface area contributed by atoms with Crippen molar-refractivity contribution in [1.29, 1.82) is 5.26 Å². The number of methoxy groups -OCH3 is 2. The van der Waals surface area contributed by atoms with Crippen LogP contribution in [0.25, 0.3) is 0 Å². The standard InChI is InChI=1S/C18H19N5O4/c1-22-16-14(17(24)23(2)18(22)25)13(11(8-19)15(20)21-16)10-7-9(26-3)5-6-12(10)27-4/h5-7,13,21H,20H2,1-4H3/t13-/m0/s1. The molecule has 1 aliphatic heterocycles. The summed E-state index contributed by atoms with van der Waals surface area (Å²) in [6, 6.07) is 7.16. The van der Waals surface area contributed by atoms with E-state index in [1.165, 1.54) is 32.9 Å². The SMILES string of the molecule is COc1ccc(OC)c([C@H]2C(C#N)=C(N)Nc3c2c(=O)n(C)c(=O)n3C)c1. The predicted octanol–water partition coefficient (Wildman–Crippen LogP) is 0.352. The van der Waals surface area contributed by atoms with Gasteiger partial charge in [-0.3, -0.25) is 13.9 Å². The van der Waals surface area contributed by atoms with Crippen LogP contribution >= 0.6 is 0 Å². The Morgan fingerprint density at radius 2 is 1.89 bits per heavy atom. The number of ether oxygens (including phenoxy) is 2. The monoisotopic (exact) mass is 369 g/mol. The van der Waals surface area contributed by atoms with E-state index in [0.717, 1.165) is 4.57 Å². The van der Waals surface area contributed by atoms with Crippen LogP contribution < -0.4 is 31.8 Å². The van der Waals surface area contributed by atoms with Crippen LogP contribution in [0, 0.1) is 11.3 Å². The largest absolute Gasteiger partial charge is 0.497 e. The highest BCUT2D eigenvalue weighted by Crippen LogP contribution is 2.42. The first-order valence-electron chi connectivity index (χ1n) is 8.04. The van der Waals surface area contributed by atoms with E-state index in [-0.39, 0.29) is 22.8 Å². The van der Waals surface area contributed by atoms with E-state index in [9.17, 15) is 14.9 Å². The van der Waals surface area contributed by atoms with E-state index < -0.39 is 17.2 Å². The summed E-state index contributed by atoms with van der Waals surface area (Å²) in [4.78, 5) is 25.3. The van der Waals surface area contributed by atoms with Crippen molar-refractivity contribution in [3.8, 4) is 17.6 Å². The Kier molecular flexibility index (Phi) is 4.41.